The molecule has 18 heavy (non-hydrogen) atoms. The third-order valence-electron chi connectivity index (χ3n) is 3.81. The number of rotatable bonds is 6. The molecule has 0 spiro atoms. The average Bonchev–Trinajstić information content (AvgIpc) is 2.28. The van der Waals surface area contributed by atoms with Crippen LogP contribution in [0.25, 0.3) is 0 Å². The lowest BCUT2D eigenvalue weighted by Gasteiger charge is -2.30. The molecule has 1 unspecified atom stereocenters. The molecule has 2 rings (SSSR count). The summed E-state index contributed by atoms with van der Waals surface area (Å²) in [5.41, 5.74) is 0.729. The molecule has 1 aromatic rings. The summed E-state index contributed by atoms with van der Waals surface area (Å²) in [6.07, 6.45) is 5.91. The maximum absolute atomic E-state index is 13.7. The quantitative estimate of drug-likeness (QED) is 0.817. The zero-order chi connectivity index (χ0) is 13.0. The Morgan fingerprint density at radius 2 is 2.22 bits per heavy atom. The van der Waals surface area contributed by atoms with Crippen molar-refractivity contribution in [2.75, 3.05) is 6.54 Å². The van der Waals surface area contributed by atoms with Crippen LogP contribution in [0.4, 0.5) is 4.39 Å². The summed E-state index contributed by atoms with van der Waals surface area (Å²) in [5.74, 6) is 0.687. The van der Waals surface area contributed by atoms with Gasteiger partial charge in [0.25, 0.3) is 0 Å². The number of benzene rings is 1. The minimum Gasteiger partial charge on any atom is -0.314 e. The highest BCUT2D eigenvalue weighted by Gasteiger charge is 2.22. The molecule has 100 valence electrons. The van der Waals surface area contributed by atoms with E-state index in [9.17, 15) is 4.39 Å². The summed E-state index contributed by atoms with van der Waals surface area (Å²) < 4.78 is 13.7. The van der Waals surface area contributed by atoms with Crippen LogP contribution in [0.15, 0.2) is 18.2 Å². The molecule has 0 heterocycles. The average molecular weight is 270 g/mol. The molecule has 1 fully saturated rings. The van der Waals surface area contributed by atoms with Gasteiger partial charge in [0.15, 0.2) is 0 Å². The largest absolute Gasteiger partial charge is 0.314 e. The molecule has 1 atom stereocenters. The molecule has 1 aromatic carbocycles. The van der Waals surface area contributed by atoms with Crippen LogP contribution < -0.4 is 5.32 Å². The molecule has 1 N–H and O–H groups in total. The lowest BCUT2D eigenvalue weighted by Crippen LogP contribution is -2.34. The van der Waals surface area contributed by atoms with Crippen molar-refractivity contribution >= 4 is 11.6 Å². The van der Waals surface area contributed by atoms with Gasteiger partial charge in [-0.3, -0.25) is 0 Å². The number of likely N-dealkylation sites (N-methyl/N-ethyl adjacent to an activating group) is 1. The lowest BCUT2D eigenvalue weighted by atomic mass is 9.80. The fourth-order valence-corrected chi connectivity index (χ4v) is 2.82. The molecule has 0 aromatic heterocycles. The van der Waals surface area contributed by atoms with Gasteiger partial charge in [0, 0.05) is 11.1 Å². The van der Waals surface area contributed by atoms with Crippen LogP contribution in [0.3, 0.4) is 0 Å². The molecule has 0 radical (unpaired) electrons. The van der Waals surface area contributed by atoms with Crippen molar-refractivity contribution in [3.05, 3.63) is 34.6 Å². The van der Waals surface area contributed by atoms with Gasteiger partial charge in [-0.1, -0.05) is 37.8 Å². The van der Waals surface area contributed by atoms with Gasteiger partial charge in [0.1, 0.15) is 5.82 Å². The molecular weight excluding hydrogens is 249 g/mol. The van der Waals surface area contributed by atoms with E-state index in [1.165, 1.54) is 25.3 Å². The van der Waals surface area contributed by atoms with Crippen LogP contribution >= 0.6 is 11.6 Å². The zero-order valence-corrected chi connectivity index (χ0v) is 11.6. The van der Waals surface area contributed by atoms with Crippen LogP contribution in [0.2, 0.25) is 5.02 Å². The van der Waals surface area contributed by atoms with Gasteiger partial charge >= 0.3 is 0 Å². The Bertz CT molecular complexity index is 390. The molecule has 0 bridgehead atoms. The maximum Gasteiger partial charge on any atom is 0.126 e. The smallest absolute Gasteiger partial charge is 0.126 e. The van der Waals surface area contributed by atoms with Gasteiger partial charge in [-0.2, -0.15) is 0 Å². The van der Waals surface area contributed by atoms with Crippen molar-refractivity contribution in [1.82, 2.24) is 5.32 Å². The molecule has 0 aliphatic heterocycles. The predicted molar refractivity (Wildman–Crippen MR) is 74.5 cm³/mol. The van der Waals surface area contributed by atoms with E-state index in [2.05, 4.69) is 12.2 Å². The van der Waals surface area contributed by atoms with Crippen LogP contribution in [0, 0.1) is 11.7 Å². The zero-order valence-electron chi connectivity index (χ0n) is 10.9. The van der Waals surface area contributed by atoms with E-state index in [4.69, 9.17) is 11.6 Å². The third-order valence-corrected chi connectivity index (χ3v) is 4.04. The van der Waals surface area contributed by atoms with Gasteiger partial charge in [-0.05, 0) is 49.1 Å². The van der Waals surface area contributed by atoms with E-state index in [-0.39, 0.29) is 5.82 Å². The van der Waals surface area contributed by atoms with E-state index >= 15 is 0 Å². The Morgan fingerprint density at radius 3 is 2.83 bits per heavy atom. The van der Waals surface area contributed by atoms with E-state index in [0.29, 0.717) is 11.1 Å². The fraction of sp³-hybridized carbons (Fsp3) is 0.600. The summed E-state index contributed by atoms with van der Waals surface area (Å²) >= 11 is 5.93. The summed E-state index contributed by atoms with van der Waals surface area (Å²) in [6.45, 7) is 3.03. The SMILES string of the molecule is CCNC(Cc1cc(Cl)ccc1F)CC1CCC1. The second-order valence-corrected chi connectivity index (χ2v) is 5.66. The van der Waals surface area contributed by atoms with E-state index in [1.54, 1.807) is 12.1 Å². The third kappa shape index (κ3) is 3.69. The van der Waals surface area contributed by atoms with Gasteiger partial charge in [-0.15, -0.1) is 0 Å². The first kappa shape index (κ1) is 13.8. The number of hydrogen-bond acceptors (Lipinski definition) is 1. The molecule has 1 aliphatic carbocycles. The van der Waals surface area contributed by atoms with Crippen LogP contribution in [-0.2, 0) is 6.42 Å². The normalized spacial score (nSPS) is 17.5. The Morgan fingerprint density at radius 1 is 1.44 bits per heavy atom. The van der Waals surface area contributed by atoms with Crippen molar-refractivity contribution < 1.29 is 4.39 Å². The summed E-state index contributed by atoms with van der Waals surface area (Å²) in [4.78, 5) is 0. The highest BCUT2D eigenvalue weighted by Crippen LogP contribution is 2.31. The number of hydrogen-bond donors (Lipinski definition) is 1. The Labute approximate surface area is 114 Å². The minimum atomic E-state index is -0.143. The maximum atomic E-state index is 13.7. The molecule has 0 saturated heterocycles. The van der Waals surface area contributed by atoms with Crippen molar-refractivity contribution in [2.45, 2.75) is 45.1 Å². The number of nitrogens with one attached hydrogen (secondary N) is 1. The first-order valence-corrected chi connectivity index (χ1v) is 7.24. The number of halogens is 2. The lowest BCUT2D eigenvalue weighted by molar-refractivity contribution is 0.259. The monoisotopic (exact) mass is 269 g/mol. The molecule has 1 saturated carbocycles. The van der Waals surface area contributed by atoms with Crippen LogP contribution in [0.5, 0.6) is 0 Å². The van der Waals surface area contributed by atoms with Gasteiger partial charge in [0.05, 0.1) is 0 Å². The van der Waals surface area contributed by atoms with E-state index in [0.717, 1.165) is 30.9 Å². The summed E-state index contributed by atoms with van der Waals surface area (Å²) in [7, 11) is 0. The van der Waals surface area contributed by atoms with Gasteiger partial charge < -0.3 is 5.32 Å². The van der Waals surface area contributed by atoms with Gasteiger partial charge in [0.2, 0.25) is 0 Å². The van der Waals surface area contributed by atoms with Crippen molar-refractivity contribution in [3.8, 4) is 0 Å². The highest BCUT2D eigenvalue weighted by atomic mass is 35.5. The van der Waals surface area contributed by atoms with Crippen molar-refractivity contribution in [3.63, 3.8) is 0 Å². The van der Waals surface area contributed by atoms with E-state index in [1.807, 2.05) is 0 Å². The Hall–Kier alpha value is -0.600. The summed E-state index contributed by atoms with van der Waals surface area (Å²) in [5, 5.41) is 4.08. The molecule has 1 nitrogen and oxygen atoms in total. The highest BCUT2D eigenvalue weighted by molar-refractivity contribution is 6.30. The fourth-order valence-electron chi connectivity index (χ4n) is 2.62. The molecular formula is C15H21ClFN. The second-order valence-electron chi connectivity index (χ2n) is 5.23. The van der Waals surface area contributed by atoms with Gasteiger partial charge in [-0.25, -0.2) is 4.39 Å². The first-order chi connectivity index (χ1) is 8.69. The minimum absolute atomic E-state index is 0.143. The van der Waals surface area contributed by atoms with Crippen molar-refractivity contribution in [1.29, 1.82) is 0 Å². The summed E-state index contributed by atoms with van der Waals surface area (Å²) in [6, 6.07) is 5.19. The Kier molecular flexibility index (Phi) is 5.02. The predicted octanol–water partition coefficient (Wildman–Crippen LogP) is 4.19. The van der Waals surface area contributed by atoms with Crippen molar-refractivity contribution in [2.24, 2.45) is 5.92 Å². The molecule has 1 aliphatic rings. The topological polar surface area (TPSA) is 12.0 Å². The second kappa shape index (κ2) is 6.53. The first-order valence-electron chi connectivity index (χ1n) is 6.86. The van der Waals surface area contributed by atoms with E-state index < -0.39 is 0 Å². The Balaban J connectivity index is 1.99. The standard InChI is InChI=1S/C15H21ClFN/c1-2-18-14(8-11-4-3-5-11)10-12-9-13(16)6-7-15(12)17/h6-7,9,11,14,18H,2-5,8,10H2,1H3. The molecule has 0 amide bonds. The van der Waals surface area contributed by atoms with Crippen LogP contribution in [0.1, 0.15) is 38.2 Å². The van der Waals surface area contributed by atoms with Crippen LogP contribution in [-0.4, -0.2) is 12.6 Å². The molecule has 3 heteroatoms.